The Morgan fingerprint density at radius 1 is 1.11 bits per heavy atom. The Hall–Kier alpha value is -3.28. The number of nitrogen functional groups attached to an aromatic ring is 2. The molecule has 4 aromatic heterocycles. The van der Waals surface area contributed by atoms with Gasteiger partial charge in [0.25, 0.3) is 5.56 Å². The Kier molecular flexibility index (Phi) is 6.39. The fraction of sp³-hybridized carbons (Fsp3) is 0.583. The average molecular weight is 665 g/mol. The summed E-state index contributed by atoms with van der Waals surface area (Å²) in [5, 5.41) is 23.2. The number of fused-ring (bicyclic) bond motifs is 6. The molecule has 3 saturated carbocycles. The number of hydrogen-bond donors (Lipinski definition) is 6. The zero-order chi connectivity index (χ0) is 31.6. The lowest BCUT2D eigenvalue weighted by molar-refractivity contribution is -0.0144. The van der Waals surface area contributed by atoms with E-state index in [1.54, 1.807) is 11.5 Å². The molecule has 4 aliphatic rings. The van der Waals surface area contributed by atoms with E-state index in [1.807, 2.05) is 0 Å². The van der Waals surface area contributed by atoms with Crippen molar-refractivity contribution in [1.82, 2.24) is 39.0 Å². The van der Waals surface area contributed by atoms with Gasteiger partial charge in [0.05, 0.1) is 49.2 Å². The molecule has 0 bridgehead atoms. The molecule has 8 N–H and O–H groups in total. The van der Waals surface area contributed by atoms with E-state index in [4.69, 9.17) is 25.0 Å². The van der Waals surface area contributed by atoms with E-state index in [1.165, 1.54) is 23.5 Å². The van der Waals surface area contributed by atoms with Gasteiger partial charge in [-0.3, -0.25) is 18.9 Å². The highest BCUT2D eigenvalue weighted by Gasteiger charge is 2.74. The molecule has 8 rings (SSSR count). The van der Waals surface area contributed by atoms with Crippen LogP contribution in [0, 0.1) is 23.7 Å². The van der Waals surface area contributed by atoms with Crippen LogP contribution >= 0.6 is 15.9 Å². The quantitative estimate of drug-likeness (QED) is 0.146. The molecule has 0 aromatic carbocycles. The van der Waals surface area contributed by atoms with Crippen LogP contribution in [0.15, 0.2) is 23.8 Å². The zero-order valence-corrected chi connectivity index (χ0v) is 25.5. The highest BCUT2D eigenvalue weighted by Crippen LogP contribution is 2.68. The highest BCUT2D eigenvalue weighted by atomic mass is 31.2. The van der Waals surface area contributed by atoms with Crippen LogP contribution in [0.2, 0.25) is 0 Å². The van der Waals surface area contributed by atoms with Gasteiger partial charge in [-0.05, 0) is 18.3 Å². The molecule has 0 radical (unpaired) electrons. The maximum atomic E-state index is 14.0. The van der Waals surface area contributed by atoms with E-state index in [9.17, 15) is 29.0 Å². The number of nitrogens with one attached hydrogen (secondary N) is 1. The fourth-order valence-electron chi connectivity index (χ4n) is 8.03. The normalized spacial score (nSPS) is 41.4. The first-order chi connectivity index (χ1) is 21.4. The standard InChI is InChI=1S/C24H30N10O9P2/c1-8-9-3-41-44(38)43-16-10(11-2-24(11,18(16)36)34-7-30-12-19(25)27-5-28-20(12)34)4-42-45(39,40)17(9)15(35)14(8)33-6-29-13-21(33)31-23(26)32-22(13)37/h5-11,14-18,35-36,44H,2-4H2,1H3,(H,39,40)(H2,25,27,28)(H3,26,31,32,37). The van der Waals surface area contributed by atoms with Crippen molar-refractivity contribution in [3.63, 3.8) is 0 Å². The lowest BCUT2D eigenvalue weighted by atomic mass is 9.96. The number of imidazole rings is 2. The third kappa shape index (κ3) is 4.05. The van der Waals surface area contributed by atoms with E-state index in [2.05, 4.69) is 29.9 Å². The molecule has 21 heteroatoms. The SMILES string of the molecule is CC1C2CO[PH](=O)OC3C(COP(=O)(O)C2C(O)C1n1cnc2c(=O)[nH]c(N)nc21)C1CC1(n1cnc2c(N)ncnc21)C3O. The molecule has 0 amide bonds. The maximum Gasteiger partial charge on any atom is 0.334 e. The topological polar surface area (TPSA) is 282 Å². The first kappa shape index (κ1) is 29.1. The Bertz CT molecular complexity index is 1990. The summed E-state index contributed by atoms with van der Waals surface area (Å²) in [7, 11) is -7.88. The molecule has 12 atom stereocenters. The summed E-state index contributed by atoms with van der Waals surface area (Å²) >= 11 is 0. The van der Waals surface area contributed by atoms with Gasteiger partial charge in [0.1, 0.15) is 24.1 Å². The van der Waals surface area contributed by atoms with Crippen LogP contribution in [-0.2, 0) is 28.2 Å². The molecule has 4 fully saturated rings. The number of anilines is 2. The van der Waals surface area contributed by atoms with Crippen molar-refractivity contribution in [1.29, 1.82) is 0 Å². The number of hydrogen-bond acceptors (Lipinski definition) is 15. The Labute approximate surface area is 253 Å². The Balaban J connectivity index is 1.13. The van der Waals surface area contributed by atoms with Crippen LogP contribution in [0.3, 0.4) is 0 Å². The van der Waals surface area contributed by atoms with Crippen molar-refractivity contribution in [2.24, 2.45) is 23.7 Å². The van der Waals surface area contributed by atoms with Crippen molar-refractivity contribution >= 4 is 49.9 Å². The second-order valence-corrected chi connectivity index (χ2v) is 15.2. The molecule has 0 spiro atoms. The molecular weight excluding hydrogens is 634 g/mol. The summed E-state index contributed by atoms with van der Waals surface area (Å²) < 4.78 is 47.6. The first-order valence-corrected chi connectivity index (χ1v) is 17.1. The van der Waals surface area contributed by atoms with Crippen LogP contribution in [0.5, 0.6) is 0 Å². The van der Waals surface area contributed by atoms with Crippen LogP contribution in [0.25, 0.3) is 22.3 Å². The molecule has 45 heavy (non-hydrogen) atoms. The summed E-state index contributed by atoms with van der Waals surface area (Å²) in [5.41, 5.74) is 9.62. The van der Waals surface area contributed by atoms with Gasteiger partial charge in [-0.15, -0.1) is 0 Å². The van der Waals surface area contributed by atoms with Gasteiger partial charge < -0.3 is 49.3 Å². The maximum absolute atomic E-state index is 14.0. The molecule has 12 unspecified atom stereocenters. The predicted molar refractivity (Wildman–Crippen MR) is 155 cm³/mol. The second-order valence-electron chi connectivity index (χ2n) is 12.2. The number of aromatic amines is 1. The average Bonchev–Trinajstić information content (AvgIpc) is 3.22. The molecule has 4 aromatic rings. The molecule has 3 aliphatic carbocycles. The van der Waals surface area contributed by atoms with Crippen LogP contribution in [0.1, 0.15) is 19.4 Å². The van der Waals surface area contributed by atoms with Gasteiger partial charge in [0, 0.05) is 11.8 Å². The third-order valence-electron chi connectivity index (χ3n) is 10.2. The third-order valence-corrected chi connectivity index (χ3v) is 13.0. The summed E-state index contributed by atoms with van der Waals surface area (Å²) in [6, 6.07) is -0.890. The molecule has 1 aliphatic heterocycles. The van der Waals surface area contributed by atoms with Gasteiger partial charge in [-0.25, -0.2) is 19.9 Å². The summed E-state index contributed by atoms with van der Waals surface area (Å²) in [6.45, 7) is 1.07. The van der Waals surface area contributed by atoms with Crippen LogP contribution < -0.4 is 17.0 Å². The van der Waals surface area contributed by atoms with Gasteiger partial charge in [0.2, 0.25) is 5.95 Å². The lowest BCUT2D eigenvalue weighted by Gasteiger charge is -2.29. The van der Waals surface area contributed by atoms with Crippen molar-refractivity contribution in [3.05, 3.63) is 29.3 Å². The summed E-state index contributed by atoms with van der Waals surface area (Å²) in [6.07, 6.45) is 0.763. The lowest BCUT2D eigenvalue weighted by Crippen LogP contribution is -2.40. The van der Waals surface area contributed by atoms with E-state index >= 15 is 0 Å². The van der Waals surface area contributed by atoms with Gasteiger partial charge in [0.15, 0.2) is 22.6 Å². The second kappa shape index (κ2) is 9.86. The molecule has 240 valence electrons. The molecule has 5 heterocycles. The number of aliphatic hydroxyl groups is 2. The monoisotopic (exact) mass is 664 g/mol. The van der Waals surface area contributed by atoms with Gasteiger partial charge in [-0.2, -0.15) is 4.98 Å². The molecule has 19 nitrogen and oxygen atoms in total. The predicted octanol–water partition coefficient (Wildman–Crippen LogP) is -0.627. The van der Waals surface area contributed by atoms with E-state index in [0.717, 1.165) is 0 Å². The Morgan fingerprint density at radius 2 is 1.89 bits per heavy atom. The van der Waals surface area contributed by atoms with Gasteiger partial charge >= 0.3 is 15.9 Å². The zero-order valence-electron chi connectivity index (χ0n) is 23.6. The van der Waals surface area contributed by atoms with Crippen LogP contribution in [-0.4, -0.2) is 91.3 Å². The minimum atomic E-state index is -4.63. The van der Waals surface area contributed by atoms with Crippen molar-refractivity contribution in [2.75, 3.05) is 24.7 Å². The molecular formula is C24H30N10O9P2. The summed E-state index contributed by atoms with van der Waals surface area (Å²) in [4.78, 5) is 47.0. The van der Waals surface area contributed by atoms with E-state index < -0.39 is 74.7 Å². The van der Waals surface area contributed by atoms with Crippen molar-refractivity contribution in [2.45, 2.75) is 48.9 Å². The molecule has 1 saturated heterocycles. The number of H-pyrrole nitrogens is 1. The van der Waals surface area contributed by atoms with E-state index in [0.29, 0.717) is 17.6 Å². The van der Waals surface area contributed by atoms with Crippen molar-refractivity contribution in [3.8, 4) is 0 Å². The largest absolute Gasteiger partial charge is 0.390 e. The number of nitrogens with two attached hydrogens (primary N) is 2. The fourth-order valence-corrected chi connectivity index (χ4v) is 10.9. The van der Waals surface area contributed by atoms with Crippen LogP contribution in [0.4, 0.5) is 11.8 Å². The van der Waals surface area contributed by atoms with Gasteiger partial charge in [-0.1, -0.05) is 6.92 Å². The minimum absolute atomic E-state index is 0.0188. The van der Waals surface area contributed by atoms with E-state index in [-0.39, 0.29) is 42.1 Å². The minimum Gasteiger partial charge on any atom is -0.390 e. The first-order valence-electron chi connectivity index (χ1n) is 14.3. The number of aliphatic hydroxyl groups excluding tert-OH is 2. The number of rotatable bonds is 2. The number of aromatic nitrogens is 8. The highest BCUT2D eigenvalue weighted by molar-refractivity contribution is 7.53. The summed E-state index contributed by atoms with van der Waals surface area (Å²) in [5.74, 6) is -2.40. The Morgan fingerprint density at radius 3 is 2.69 bits per heavy atom. The van der Waals surface area contributed by atoms with Crippen molar-refractivity contribution < 1.29 is 37.8 Å². The number of nitrogens with zero attached hydrogens (tertiary/aromatic N) is 7. The smallest absolute Gasteiger partial charge is 0.334 e.